The van der Waals surface area contributed by atoms with Gasteiger partial charge in [-0.15, -0.1) is 11.8 Å². The number of carbonyl (C=O) groups is 4. The van der Waals surface area contributed by atoms with Gasteiger partial charge in [0.2, 0.25) is 18.1 Å². The molecule has 1 saturated heterocycles. The Morgan fingerprint density at radius 3 is 2.81 bits per heavy atom. The molecule has 4 heterocycles. The normalized spacial score (nSPS) is 19.4. The number of hydrogen-bond donors (Lipinski definition) is 4. The summed E-state index contributed by atoms with van der Waals surface area (Å²) in [5, 5.41) is 25.9. The van der Waals surface area contributed by atoms with Crippen LogP contribution < -0.4 is 26.5 Å². The van der Waals surface area contributed by atoms with Gasteiger partial charge >= 0.3 is 5.97 Å². The molecule has 2 aromatic heterocycles. The number of hydrogen-bond acceptors (Lipinski definition) is 13. The number of anilines is 2. The second-order valence-electron chi connectivity index (χ2n) is 7.47. The number of thioether (sulfide) groups is 1. The molecular weight excluding hydrogens is 516 g/mol. The van der Waals surface area contributed by atoms with Crippen molar-refractivity contribution >= 4 is 63.6 Å². The molecule has 0 aromatic carbocycles. The van der Waals surface area contributed by atoms with Gasteiger partial charge < -0.3 is 36.6 Å². The molecule has 2 amide bonds. The van der Waals surface area contributed by atoms with Crippen molar-refractivity contribution in [2.75, 3.05) is 23.8 Å². The number of carbonyl (C=O) groups excluding carboxylic acids is 3. The van der Waals surface area contributed by atoms with Crippen molar-refractivity contribution in [1.82, 2.24) is 19.6 Å². The van der Waals surface area contributed by atoms with Gasteiger partial charge in [-0.25, -0.2) is 4.79 Å². The molecule has 2 aliphatic rings. The molecule has 0 bridgehead atoms. The number of carboxylic acid groups (broad SMARTS) is 2. The van der Waals surface area contributed by atoms with Crippen LogP contribution in [0.4, 0.5) is 10.8 Å². The fraction of sp³-hybridized carbons (Fsp3) is 0.263. The van der Waals surface area contributed by atoms with Crippen molar-refractivity contribution in [2.24, 2.45) is 5.16 Å². The molecule has 36 heavy (non-hydrogen) atoms. The Hall–Kier alpha value is -4.25. The fourth-order valence-corrected chi connectivity index (χ4v) is 5.30. The summed E-state index contributed by atoms with van der Waals surface area (Å²) < 4.78 is 5.54. The number of carboxylic acids is 2. The number of nitrogens with two attached hydrogens (primary N) is 2. The smallest absolute Gasteiger partial charge is 0.344 e. The topological polar surface area (TPSA) is 230 Å². The van der Waals surface area contributed by atoms with Crippen molar-refractivity contribution in [3.63, 3.8) is 0 Å². The SMILES string of the molecule is Nc1ccc[n+](CC2=C(C(=O)[O-])N3C(=O)C(NC(=O)C(=NOCC(=O)O)c4nsc(N)n4)[C@@H]3SC2)c1. The molecule has 2 aromatic rings. The molecule has 1 unspecified atom stereocenters. The second-order valence-corrected chi connectivity index (χ2v) is 9.36. The molecule has 0 aliphatic carbocycles. The summed E-state index contributed by atoms with van der Waals surface area (Å²) in [5.41, 5.74) is 11.5. The number of oxime groups is 1. The second kappa shape index (κ2) is 10.2. The molecule has 17 heteroatoms. The summed E-state index contributed by atoms with van der Waals surface area (Å²) in [4.78, 5) is 58.0. The van der Waals surface area contributed by atoms with E-state index in [0.29, 0.717) is 11.3 Å². The maximum atomic E-state index is 12.9. The lowest BCUT2D eigenvalue weighted by Gasteiger charge is -2.50. The Morgan fingerprint density at radius 1 is 1.39 bits per heavy atom. The number of aromatic nitrogens is 3. The van der Waals surface area contributed by atoms with Crippen molar-refractivity contribution in [1.29, 1.82) is 0 Å². The predicted molar refractivity (Wildman–Crippen MR) is 123 cm³/mol. The van der Waals surface area contributed by atoms with Crippen LogP contribution in [0, 0.1) is 0 Å². The Morgan fingerprint density at radius 2 is 2.17 bits per heavy atom. The van der Waals surface area contributed by atoms with Gasteiger partial charge in [0.15, 0.2) is 24.1 Å². The highest BCUT2D eigenvalue weighted by Gasteiger charge is 2.53. The highest BCUT2D eigenvalue weighted by Crippen LogP contribution is 2.40. The first-order valence-electron chi connectivity index (χ1n) is 10.1. The van der Waals surface area contributed by atoms with Crippen molar-refractivity contribution in [2.45, 2.75) is 18.0 Å². The van der Waals surface area contributed by atoms with E-state index in [-0.39, 0.29) is 29.0 Å². The van der Waals surface area contributed by atoms with Gasteiger partial charge in [-0.2, -0.15) is 13.9 Å². The van der Waals surface area contributed by atoms with Gasteiger partial charge in [-0.05, 0) is 6.07 Å². The highest BCUT2D eigenvalue weighted by molar-refractivity contribution is 8.00. The number of nitrogens with one attached hydrogen (secondary N) is 1. The molecule has 2 aliphatic heterocycles. The zero-order valence-electron chi connectivity index (χ0n) is 18.2. The molecule has 188 valence electrons. The van der Waals surface area contributed by atoms with Crippen molar-refractivity contribution in [3.8, 4) is 0 Å². The van der Waals surface area contributed by atoms with Gasteiger partial charge in [0.05, 0.1) is 17.4 Å². The van der Waals surface area contributed by atoms with Crippen molar-refractivity contribution < 1.29 is 38.8 Å². The minimum absolute atomic E-state index is 0.0202. The summed E-state index contributed by atoms with van der Waals surface area (Å²) >= 11 is 2.02. The van der Waals surface area contributed by atoms with E-state index in [1.165, 1.54) is 11.8 Å². The van der Waals surface area contributed by atoms with E-state index in [4.69, 9.17) is 16.6 Å². The average Bonchev–Trinajstić information content (AvgIpc) is 3.25. The fourth-order valence-electron chi connectivity index (χ4n) is 3.53. The van der Waals surface area contributed by atoms with E-state index in [1.807, 2.05) is 0 Å². The van der Waals surface area contributed by atoms with Crippen LogP contribution in [-0.2, 0) is 30.6 Å². The van der Waals surface area contributed by atoms with Gasteiger partial charge in [0, 0.05) is 28.9 Å². The molecular formula is C19H18N8O7S2. The minimum atomic E-state index is -1.52. The molecule has 1 fully saturated rings. The highest BCUT2D eigenvalue weighted by atomic mass is 32.2. The maximum absolute atomic E-state index is 12.9. The van der Waals surface area contributed by atoms with Crippen LogP contribution in [0.1, 0.15) is 5.82 Å². The average molecular weight is 535 g/mol. The standard InChI is InChI=1S/C19H18N8O7S2/c20-9-2-1-3-26(5-9)4-8-7-35-17-12(16(31)27(17)13(8)18(32)33)22-15(30)11(24-34-6-10(28)29)14-23-19(21)36-25-14/h1-3,5,12,17H,4,6-7,20H2,(H4-,21,22,23,25,28,29,30,32,33)/t12?,17-/m0/s1. The number of nitrogens with zero attached hydrogens (tertiary/aromatic N) is 5. The lowest BCUT2D eigenvalue weighted by Crippen LogP contribution is -2.71. The number of fused-ring (bicyclic) bond motifs is 1. The summed E-state index contributed by atoms with van der Waals surface area (Å²) in [5.74, 6) is -4.44. The van der Waals surface area contributed by atoms with Crippen LogP contribution in [0.5, 0.6) is 0 Å². The lowest BCUT2D eigenvalue weighted by molar-refractivity contribution is -0.688. The molecule has 0 saturated carbocycles. The number of β-lactam (4-membered cyclic amide) rings is 1. The molecule has 6 N–H and O–H groups in total. The number of nitrogen functional groups attached to an aromatic ring is 2. The first kappa shape index (κ1) is 24.9. The van der Waals surface area contributed by atoms with Crippen LogP contribution in [0.2, 0.25) is 0 Å². The minimum Gasteiger partial charge on any atom is -0.543 e. The zero-order chi connectivity index (χ0) is 26.0. The third-order valence-corrected chi connectivity index (χ3v) is 6.88. The first-order valence-corrected chi connectivity index (χ1v) is 11.9. The van der Waals surface area contributed by atoms with Gasteiger partial charge in [0.25, 0.3) is 11.8 Å². The number of amides is 2. The maximum Gasteiger partial charge on any atom is 0.344 e. The van der Waals surface area contributed by atoms with Gasteiger partial charge in [-0.1, -0.05) is 5.16 Å². The Labute approximate surface area is 210 Å². The zero-order valence-corrected chi connectivity index (χ0v) is 19.8. The van der Waals surface area contributed by atoms with E-state index in [9.17, 15) is 24.3 Å². The van der Waals surface area contributed by atoms with Crippen LogP contribution >= 0.6 is 23.3 Å². The largest absolute Gasteiger partial charge is 0.543 e. The first-order chi connectivity index (χ1) is 17.2. The summed E-state index contributed by atoms with van der Waals surface area (Å²) in [6.45, 7) is -0.665. The van der Waals surface area contributed by atoms with Gasteiger partial charge in [-0.3, -0.25) is 14.5 Å². The lowest BCUT2D eigenvalue weighted by atomic mass is 10.0. The molecule has 0 radical (unpaired) electrons. The summed E-state index contributed by atoms with van der Waals surface area (Å²) in [7, 11) is 0. The third kappa shape index (κ3) is 5.05. The predicted octanol–water partition coefficient (Wildman–Crippen LogP) is -3.10. The number of rotatable bonds is 9. The Kier molecular flexibility index (Phi) is 7.02. The quantitative estimate of drug-likeness (QED) is 0.108. The van der Waals surface area contributed by atoms with Gasteiger partial charge in [0.1, 0.15) is 11.4 Å². The van der Waals surface area contributed by atoms with E-state index >= 15 is 0 Å². The van der Waals surface area contributed by atoms with Crippen LogP contribution in [-0.4, -0.2) is 72.6 Å². The van der Waals surface area contributed by atoms with E-state index in [2.05, 4.69) is 24.7 Å². The van der Waals surface area contributed by atoms with Crippen LogP contribution in [0.3, 0.4) is 0 Å². The van der Waals surface area contributed by atoms with E-state index in [0.717, 1.165) is 16.4 Å². The molecule has 4 rings (SSSR count). The summed E-state index contributed by atoms with van der Waals surface area (Å²) in [6.07, 6.45) is 3.34. The van der Waals surface area contributed by atoms with Crippen LogP contribution in [0.25, 0.3) is 0 Å². The molecule has 0 spiro atoms. The number of aliphatic carboxylic acids is 2. The Balaban J connectivity index is 1.53. The number of pyridine rings is 1. The molecule has 2 atom stereocenters. The van der Waals surface area contributed by atoms with E-state index < -0.39 is 47.5 Å². The summed E-state index contributed by atoms with van der Waals surface area (Å²) in [6, 6.07) is 2.29. The molecule has 15 nitrogen and oxygen atoms in total. The van der Waals surface area contributed by atoms with E-state index in [1.54, 1.807) is 29.1 Å². The van der Waals surface area contributed by atoms with Crippen LogP contribution in [0.15, 0.2) is 41.0 Å². The Bertz CT molecular complexity index is 1310. The third-order valence-electron chi connectivity index (χ3n) is 4.99. The van der Waals surface area contributed by atoms with Crippen molar-refractivity contribution in [3.05, 3.63) is 41.6 Å². The monoisotopic (exact) mass is 534 g/mol.